The first kappa shape index (κ1) is 8.48. The molecule has 0 amide bonds. The monoisotopic (exact) mass is 191 g/mol. The molecule has 2 aliphatic rings. The first-order valence-corrected chi connectivity index (χ1v) is 5.59. The van der Waals surface area contributed by atoms with Crippen molar-refractivity contribution in [3.05, 3.63) is 18.2 Å². The first-order chi connectivity index (χ1) is 6.84. The van der Waals surface area contributed by atoms with Crippen LogP contribution in [0.25, 0.3) is 0 Å². The molecular weight excluding hydrogens is 174 g/mol. The average Bonchev–Trinajstić information content (AvgIpc) is 2.75. The Morgan fingerprint density at radius 1 is 1.50 bits per heavy atom. The second kappa shape index (κ2) is 3.09. The van der Waals surface area contributed by atoms with Crippen LogP contribution in [0.15, 0.2) is 12.5 Å². The molecule has 1 saturated heterocycles. The molecule has 76 valence electrons. The van der Waals surface area contributed by atoms with Gasteiger partial charge in [0.25, 0.3) is 0 Å². The second-order valence-electron chi connectivity index (χ2n) is 4.70. The normalized spacial score (nSPS) is 32.4. The van der Waals surface area contributed by atoms with E-state index in [2.05, 4.69) is 28.0 Å². The summed E-state index contributed by atoms with van der Waals surface area (Å²) in [5, 5.41) is 3.50. The molecule has 0 aromatic carbocycles. The molecule has 3 rings (SSSR count). The van der Waals surface area contributed by atoms with Gasteiger partial charge in [-0.05, 0) is 26.2 Å². The molecule has 0 bridgehead atoms. The van der Waals surface area contributed by atoms with Crippen molar-refractivity contribution in [3.63, 3.8) is 0 Å². The van der Waals surface area contributed by atoms with Gasteiger partial charge in [-0.2, -0.15) is 0 Å². The maximum absolute atomic E-state index is 4.29. The Hall–Kier alpha value is -0.830. The molecule has 1 saturated carbocycles. The molecule has 1 aliphatic carbocycles. The Balaban J connectivity index is 1.84. The molecule has 3 heteroatoms. The van der Waals surface area contributed by atoms with Gasteiger partial charge in [-0.1, -0.05) is 0 Å². The van der Waals surface area contributed by atoms with Crippen LogP contribution < -0.4 is 5.32 Å². The summed E-state index contributed by atoms with van der Waals surface area (Å²) in [6.07, 6.45) is 8.02. The van der Waals surface area contributed by atoms with Gasteiger partial charge in [0.1, 0.15) is 0 Å². The van der Waals surface area contributed by atoms with Crippen molar-refractivity contribution in [1.82, 2.24) is 14.9 Å². The highest BCUT2D eigenvalue weighted by Gasteiger charge is 2.30. The van der Waals surface area contributed by atoms with Crippen LogP contribution in [0.1, 0.15) is 43.8 Å². The molecular formula is C11H17N3. The minimum Gasteiger partial charge on any atom is -0.331 e. The van der Waals surface area contributed by atoms with Crippen LogP contribution in [0, 0.1) is 0 Å². The number of nitrogens with one attached hydrogen (secondary N) is 1. The Kier molecular flexibility index (Phi) is 1.87. The van der Waals surface area contributed by atoms with E-state index in [4.69, 9.17) is 0 Å². The van der Waals surface area contributed by atoms with Crippen LogP contribution >= 0.6 is 0 Å². The van der Waals surface area contributed by atoms with Gasteiger partial charge in [0.2, 0.25) is 0 Å². The summed E-state index contributed by atoms with van der Waals surface area (Å²) >= 11 is 0. The van der Waals surface area contributed by atoms with Crippen LogP contribution in [-0.2, 0) is 0 Å². The summed E-state index contributed by atoms with van der Waals surface area (Å²) in [5.41, 5.74) is 1.45. The summed E-state index contributed by atoms with van der Waals surface area (Å²) in [5.74, 6) is 0.688. The molecule has 3 nitrogen and oxygen atoms in total. The van der Waals surface area contributed by atoms with Crippen LogP contribution in [0.2, 0.25) is 0 Å². The minimum absolute atomic E-state index is 0.669. The second-order valence-corrected chi connectivity index (χ2v) is 4.70. The molecule has 1 aromatic heterocycles. The molecule has 2 atom stereocenters. The van der Waals surface area contributed by atoms with Crippen molar-refractivity contribution in [2.24, 2.45) is 0 Å². The largest absolute Gasteiger partial charge is 0.331 e. The smallest absolute Gasteiger partial charge is 0.0950 e. The van der Waals surface area contributed by atoms with E-state index < -0.39 is 0 Å². The van der Waals surface area contributed by atoms with Gasteiger partial charge in [-0.25, -0.2) is 4.98 Å². The molecule has 0 spiro atoms. The third-order valence-corrected chi connectivity index (χ3v) is 3.41. The van der Waals surface area contributed by atoms with Crippen molar-refractivity contribution in [2.45, 2.75) is 44.2 Å². The maximum atomic E-state index is 4.29. The Morgan fingerprint density at radius 3 is 3.00 bits per heavy atom. The van der Waals surface area contributed by atoms with Gasteiger partial charge < -0.3 is 9.88 Å². The number of aromatic nitrogens is 2. The molecule has 1 N–H and O–H groups in total. The first-order valence-electron chi connectivity index (χ1n) is 5.59. The van der Waals surface area contributed by atoms with Gasteiger partial charge in [-0.3, -0.25) is 0 Å². The fraction of sp³-hybridized carbons (Fsp3) is 0.727. The SMILES string of the molecule is CC1CC(c2cncn2C2CC2)CN1. The summed E-state index contributed by atoms with van der Waals surface area (Å²) in [6, 6.07) is 1.44. The third-order valence-electron chi connectivity index (χ3n) is 3.41. The van der Waals surface area contributed by atoms with E-state index in [0.717, 1.165) is 12.6 Å². The third kappa shape index (κ3) is 1.36. The number of imidazole rings is 1. The zero-order valence-corrected chi connectivity index (χ0v) is 8.61. The summed E-state index contributed by atoms with van der Waals surface area (Å²) in [6.45, 7) is 3.39. The van der Waals surface area contributed by atoms with Crippen molar-refractivity contribution in [2.75, 3.05) is 6.54 Å². The predicted octanol–water partition coefficient (Wildman–Crippen LogP) is 1.68. The zero-order chi connectivity index (χ0) is 9.54. The summed E-state index contributed by atoms with van der Waals surface area (Å²) < 4.78 is 2.39. The highest BCUT2D eigenvalue weighted by Crippen LogP contribution is 2.38. The highest BCUT2D eigenvalue weighted by atomic mass is 15.1. The van der Waals surface area contributed by atoms with Gasteiger partial charge in [0, 0.05) is 36.4 Å². The molecule has 14 heavy (non-hydrogen) atoms. The van der Waals surface area contributed by atoms with Crippen LogP contribution in [0.4, 0.5) is 0 Å². The topological polar surface area (TPSA) is 29.9 Å². The summed E-state index contributed by atoms with van der Waals surface area (Å²) in [4.78, 5) is 4.29. The molecule has 2 heterocycles. The highest BCUT2D eigenvalue weighted by molar-refractivity contribution is 5.13. The quantitative estimate of drug-likeness (QED) is 0.771. The maximum Gasteiger partial charge on any atom is 0.0950 e. The van der Waals surface area contributed by atoms with Crippen LogP contribution in [0.5, 0.6) is 0 Å². The van der Waals surface area contributed by atoms with Crippen molar-refractivity contribution >= 4 is 0 Å². The molecule has 2 unspecified atom stereocenters. The van der Waals surface area contributed by atoms with E-state index in [1.807, 2.05) is 6.33 Å². The van der Waals surface area contributed by atoms with E-state index in [9.17, 15) is 0 Å². The lowest BCUT2D eigenvalue weighted by molar-refractivity contribution is 0.617. The summed E-state index contributed by atoms with van der Waals surface area (Å²) in [7, 11) is 0. The van der Waals surface area contributed by atoms with Crippen LogP contribution in [-0.4, -0.2) is 22.1 Å². The predicted molar refractivity (Wildman–Crippen MR) is 55.3 cm³/mol. The molecule has 2 fully saturated rings. The van der Waals surface area contributed by atoms with E-state index >= 15 is 0 Å². The van der Waals surface area contributed by atoms with Crippen LogP contribution in [0.3, 0.4) is 0 Å². The standard InChI is InChI=1S/C11H17N3/c1-8-4-9(5-13-8)11-6-12-7-14(11)10-2-3-10/h6-10,13H,2-5H2,1H3. The fourth-order valence-electron chi connectivity index (χ4n) is 2.45. The average molecular weight is 191 g/mol. The minimum atomic E-state index is 0.669. The lowest BCUT2D eigenvalue weighted by atomic mass is 10.0. The van der Waals surface area contributed by atoms with Crippen molar-refractivity contribution in [1.29, 1.82) is 0 Å². The van der Waals surface area contributed by atoms with Crippen molar-refractivity contribution < 1.29 is 0 Å². The number of hydrogen-bond donors (Lipinski definition) is 1. The Morgan fingerprint density at radius 2 is 2.36 bits per heavy atom. The van der Waals surface area contributed by atoms with Gasteiger partial charge in [-0.15, -0.1) is 0 Å². The fourth-order valence-corrected chi connectivity index (χ4v) is 2.45. The lowest BCUT2D eigenvalue weighted by Gasteiger charge is -2.11. The van der Waals surface area contributed by atoms with Gasteiger partial charge in [0.05, 0.1) is 6.33 Å². The molecule has 1 aromatic rings. The van der Waals surface area contributed by atoms with Gasteiger partial charge in [0.15, 0.2) is 0 Å². The lowest BCUT2D eigenvalue weighted by Crippen LogP contribution is -2.16. The number of hydrogen-bond acceptors (Lipinski definition) is 2. The molecule has 1 aliphatic heterocycles. The van der Waals surface area contributed by atoms with E-state index in [1.165, 1.54) is 25.0 Å². The Bertz CT molecular complexity index is 327. The Labute approximate surface area is 84.5 Å². The number of rotatable bonds is 2. The van der Waals surface area contributed by atoms with E-state index in [0.29, 0.717) is 12.0 Å². The van der Waals surface area contributed by atoms with E-state index in [-0.39, 0.29) is 0 Å². The van der Waals surface area contributed by atoms with Crippen molar-refractivity contribution in [3.8, 4) is 0 Å². The molecule has 0 radical (unpaired) electrons. The van der Waals surface area contributed by atoms with E-state index in [1.54, 1.807) is 0 Å². The zero-order valence-electron chi connectivity index (χ0n) is 8.61. The van der Waals surface area contributed by atoms with Gasteiger partial charge >= 0.3 is 0 Å². The number of nitrogens with zero attached hydrogens (tertiary/aromatic N) is 2.